The molecule has 5 heteroatoms. The minimum atomic E-state index is -0.360. The van der Waals surface area contributed by atoms with E-state index < -0.39 is 0 Å². The third-order valence-electron chi connectivity index (χ3n) is 3.14. The molecule has 1 aliphatic heterocycles. The summed E-state index contributed by atoms with van der Waals surface area (Å²) in [6, 6.07) is 4.59. The normalized spacial score (nSPS) is 17.1. The fourth-order valence-corrected chi connectivity index (χ4v) is 2.37. The quantitative estimate of drug-likeness (QED) is 0.848. The highest BCUT2D eigenvalue weighted by molar-refractivity contribution is 9.10. The number of aliphatic hydroxyl groups excluding tert-OH is 1. The summed E-state index contributed by atoms with van der Waals surface area (Å²) in [6.45, 7) is 1.09. The fourth-order valence-electron chi connectivity index (χ4n) is 2.00. The Hall–Kier alpha value is -1.20. The van der Waals surface area contributed by atoms with Crippen LogP contribution in [0.25, 0.3) is 6.08 Å². The molecule has 0 spiro atoms. The monoisotopic (exact) mass is 327 g/mol. The molecule has 0 aliphatic carbocycles. The van der Waals surface area contributed by atoms with Crippen molar-refractivity contribution in [3.05, 3.63) is 40.1 Å². The maximum absolute atomic E-state index is 13.5. The number of nitrogens with zero attached hydrogens (tertiary/aromatic N) is 1. The smallest absolute Gasteiger partial charge is 0.246 e. The molecule has 1 saturated heterocycles. The SMILES string of the molecule is O=C(/C=C/c1cc(Br)ccc1F)N1CCC(O)CC1. The molecule has 0 aromatic heterocycles. The number of halogens is 2. The molecular formula is C14H15BrFNO2. The Kier molecular flexibility index (Phi) is 4.71. The molecule has 0 radical (unpaired) electrons. The Morgan fingerprint density at radius 2 is 2.11 bits per heavy atom. The van der Waals surface area contributed by atoms with Crippen LogP contribution in [0.15, 0.2) is 28.7 Å². The van der Waals surface area contributed by atoms with Gasteiger partial charge in [0.05, 0.1) is 6.10 Å². The van der Waals surface area contributed by atoms with Crippen molar-refractivity contribution in [3.63, 3.8) is 0 Å². The average molecular weight is 328 g/mol. The van der Waals surface area contributed by atoms with Gasteiger partial charge in [0.1, 0.15) is 5.82 Å². The molecule has 2 rings (SSSR count). The van der Waals surface area contributed by atoms with Gasteiger partial charge in [0.2, 0.25) is 5.91 Å². The lowest BCUT2D eigenvalue weighted by molar-refractivity contribution is -0.127. The van der Waals surface area contributed by atoms with Gasteiger partial charge in [-0.2, -0.15) is 0 Å². The van der Waals surface area contributed by atoms with Crippen LogP contribution in [0.5, 0.6) is 0 Å². The summed E-state index contributed by atoms with van der Waals surface area (Å²) in [5.74, 6) is -0.507. The van der Waals surface area contributed by atoms with Crippen LogP contribution < -0.4 is 0 Å². The van der Waals surface area contributed by atoms with Crippen molar-refractivity contribution in [2.45, 2.75) is 18.9 Å². The minimum absolute atomic E-state index is 0.147. The molecule has 0 atom stereocenters. The number of carbonyl (C=O) groups is 1. The van der Waals surface area contributed by atoms with E-state index in [1.54, 1.807) is 17.0 Å². The molecule has 0 bridgehead atoms. The molecule has 0 saturated carbocycles. The second-order valence-electron chi connectivity index (χ2n) is 4.56. The van der Waals surface area contributed by atoms with Crippen molar-refractivity contribution in [1.82, 2.24) is 4.90 Å². The average Bonchev–Trinajstić information content (AvgIpc) is 2.40. The predicted octanol–water partition coefficient (Wildman–Crippen LogP) is 2.58. The van der Waals surface area contributed by atoms with E-state index in [9.17, 15) is 14.3 Å². The largest absolute Gasteiger partial charge is 0.393 e. The number of benzene rings is 1. The topological polar surface area (TPSA) is 40.5 Å². The number of aliphatic hydroxyl groups is 1. The van der Waals surface area contributed by atoms with Gasteiger partial charge < -0.3 is 10.0 Å². The van der Waals surface area contributed by atoms with E-state index in [4.69, 9.17) is 0 Å². The summed E-state index contributed by atoms with van der Waals surface area (Å²) < 4.78 is 14.2. The van der Waals surface area contributed by atoms with Crippen LogP contribution in [0.4, 0.5) is 4.39 Å². The number of rotatable bonds is 2. The molecule has 3 nitrogen and oxygen atoms in total. The Morgan fingerprint density at radius 3 is 2.79 bits per heavy atom. The van der Waals surface area contributed by atoms with Gasteiger partial charge in [0, 0.05) is 29.2 Å². The highest BCUT2D eigenvalue weighted by Gasteiger charge is 2.19. The first kappa shape index (κ1) is 14.2. The Morgan fingerprint density at radius 1 is 1.42 bits per heavy atom. The van der Waals surface area contributed by atoms with Gasteiger partial charge in [-0.05, 0) is 37.1 Å². The number of piperidine rings is 1. The van der Waals surface area contributed by atoms with Crippen molar-refractivity contribution in [2.75, 3.05) is 13.1 Å². The maximum Gasteiger partial charge on any atom is 0.246 e. The zero-order valence-corrected chi connectivity index (χ0v) is 11.9. The number of amides is 1. The number of carbonyl (C=O) groups excluding carboxylic acids is 1. The first-order chi connectivity index (χ1) is 9.06. The number of likely N-dealkylation sites (tertiary alicyclic amines) is 1. The Bertz CT molecular complexity index is 496. The highest BCUT2D eigenvalue weighted by Crippen LogP contribution is 2.17. The van der Waals surface area contributed by atoms with Crippen molar-refractivity contribution in [1.29, 1.82) is 0 Å². The molecule has 1 aromatic carbocycles. The van der Waals surface area contributed by atoms with Gasteiger partial charge >= 0.3 is 0 Å². The van der Waals surface area contributed by atoms with Crippen LogP contribution in [0.1, 0.15) is 18.4 Å². The van der Waals surface area contributed by atoms with E-state index in [0.29, 0.717) is 31.5 Å². The second kappa shape index (κ2) is 6.30. The molecule has 1 N–H and O–H groups in total. The van der Waals surface area contributed by atoms with E-state index in [1.807, 2.05) is 0 Å². The summed E-state index contributed by atoms with van der Waals surface area (Å²) in [5.41, 5.74) is 0.375. The van der Waals surface area contributed by atoms with Crippen LogP contribution in [-0.4, -0.2) is 35.1 Å². The maximum atomic E-state index is 13.5. The summed E-state index contributed by atoms with van der Waals surface area (Å²) in [5, 5.41) is 9.37. The molecular weight excluding hydrogens is 313 g/mol. The Labute approximate surface area is 119 Å². The lowest BCUT2D eigenvalue weighted by atomic mass is 10.1. The Balaban J connectivity index is 2.02. The van der Waals surface area contributed by atoms with Crippen LogP contribution in [0.3, 0.4) is 0 Å². The molecule has 1 aliphatic rings. The van der Waals surface area contributed by atoms with Crippen LogP contribution in [-0.2, 0) is 4.79 Å². The van der Waals surface area contributed by atoms with Crippen molar-refractivity contribution in [3.8, 4) is 0 Å². The standard InChI is InChI=1S/C14H15BrFNO2/c15-11-2-3-13(16)10(9-11)1-4-14(19)17-7-5-12(18)6-8-17/h1-4,9,12,18H,5-8H2/b4-1+. The van der Waals surface area contributed by atoms with E-state index in [1.165, 1.54) is 18.2 Å². The molecule has 19 heavy (non-hydrogen) atoms. The highest BCUT2D eigenvalue weighted by atomic mass is 79.9. The van der Waals surface area contributed by atoms with E-state index in [-0.39, 0.29) is 17.8 Å². The van der Waals surface area contributed by atoms with Gasteiger partial charge in [-0.15, -0.1) is 0 Å². The second-order valence-corrected chi connectivity index (χ2v) is 5.47. The van der Waals surface area contributed by atoms with Crippen molar-refractivity contribution < 1.29 is 14.3 Å². The number of hydrogen-bond donors (Lipinski definition) is 1. The summed E-state index contributed by atoms with van der Waals surface area (Å²) in [4.78, 5) is 13.6. The van der Waals surface area contributed by atoms with Crippen molar-refractivity contribution >= 4 is 27.9 Å². The van der Waals surface area contributed by atoms with Gasteiger partial charge in [-0.25, -0.2) is 4.39 Å². The predicted molar refractivity (Wildman–Crippen MR) is 75.0 cm³/mol. The molecule has 1 aromatic rings. The third kappa shape index (κ3) is 3.88. The van der Waals surface area contributed by atoms with Crippen molar-refractivity contribution in [2.24, 2.45) is 0 Å². The van der Waals surface area contributed by atoms with E-state index >= 15 is 0 Å². The van der Waals surface area contributed by atoms with E-state index in [2.05, 4.69) is 15.9 Å². The van der Waals surface area contributed by atoms with Gasteiger partial charge in [0.15, 0.2) is 0 Å². The minimum Gasteiger partial charge on any atom is -0.393 e. The summed E-state index contributed by atoms with van der Waals surface area (Å²) in [7, 11) is 0. The third-order valence-corrected chi connectivity index (χ3v) is 3.63. The first-order valence-electron chi connectivity index (χ1n) is 6.16. The lowest BCUT2D eigenvalue weighted by Gasteiger charge is -2.28. The molecule has 1 fully saturated rings. The summed E-state index contributed by atoms with van der Waals surface area (Å²) in [6.07, 6.45) is 3.75. The zero-order chi connectivity index (χ0) is 13.8. The molecule has 1 heterocycles. The molecule has 1 amide bonds. The molecule has 102 valence electrons. The van der Waals surface area contributed by atoms with Gasteiger partial charge in [-0.3, -0.25) is 4.79 Å². The first-order valence-corrected chi connectivity index (χ1v) is 6.95. The van der Waals surface area contributed by atoms with Gasteiger partial charge in [-0.1, -0.05) is 15.9 Å². The van der Waals surface area contributed by atoms with Gasteiger partial charge in [0.25, 0.3) is 0 Å². The molecule has 0 unspecified atom stereocenters. The zero-order valence-electron chi connectivity index (χ0n) is 10.4. The van der Waals surface area contributed by atoms with Crippen LogP contribution in [0, 0.1) is 5.82 Å². The van der Waals surface area contributed by atoms with E-state index in [0.717, 1.165) is 4.47 Å². The summed E-state index contributed by atoms with van der Waals surface area (Å²) >= 11 is 3.26. The van der Waals surface area contributed by atoms with Crippen LogP contribution in [0.2, 0.25) is 0 Å². The number of hydrogen-bond acceptors (Lipinski definition) is 2. The lowest BCUT2D eigenvalue weighted by Crippen LogP contribution is -2.39. The van der Waals surface area contributed by atoms with Crippen LogP contribution >= 0.6 is 15.9 Å². The fraction of sp³-hybridized carbons (Fsp3) is 0.357.